The zero-order valence-corrected chi connectivity index (χ0v) is 5.75. The Hall–Kier alpha value is -0.570. The van der Waals surface area contributed by atoms with Crippen molar-refractivity contribution in [3.8, 4) is 0 Å². The molecule has 2 saturated heterocycles. The van der Waals surface area contributed by atoms with E-state index in [0.717, 1.165) is 6.42 Å². The molecule has 3 heteroatoms. The summed E-state index contributed by atoms with van der Waals surface area (Å²) < 4.78 is 4.89. The minimum absolute atomic E-state index is 0.163. The van der Waals surface area contributed by atoms with E-state index in [-0.39, 0.29) is 6.10 Å². The van der Waals surface area contributed by atoms with Gasteiger partial charge in [0.2, 0.25) is 0 Å². The Bertz CT molecular complexity index is 149. The molecule has 3 nitrogen and oxygen atoms in total. The SMILES string of the molecule is O=COC1CC2CCC1N2. The fraction of sp³-hybridized carbons (Fsp3) is 0.857. The summed E-state index contributed by atoms with van der Waals surface area (Å²) in [6.45, 7) is 0.563. The van der Waals surface area contributed by atoms with Gasteiger partial charge in [0.25, 0.3) is 6.47 Å². The first kappa shape index (κ1) is 6.16. The van der Waals surface area contributed by atoms with Crippen molar-refractivity contribution in [1.82, 2.24) is 5.32 Å². The smallest absolute Gasteiger partial charge is 0.293 e. The third-order valence-electron chi connectivity index (χ3n) is 2.47. The molecule has 0 aromatic heterocycles. The molecule has 0 amide bonds. The highest BCUT2D eigenvalue weighted by Gasteiger charge is 2.40. The van der Waals surface area contributed by atoms with Crippen LogP contribution in [-0.4, -0.2) is 24.7 Å². The normalized spacial score (nSPS) is 43.8. The molecule has 10 heavy (non-hydrogen) atoms. The maximum atomic E-state index is 9.99. The third kappa shape index (κ3) is 0.814. The molecule has 2 aliphatic rings. The number of carbonyl (C=O) groups is 1. The maximum Gasteiger partial charge on any atom is 0.293 e. The second-order valence-corrected chi connectivity index (χ2v) is 3.05. The summed E-state index contributed by atoms with van der Waals surface area (Å²) in [5.41, 5.74) is 0. The molecular formula is C7H11NO2. The van der Waals surface area contributed by atoms with Crippen LogP contribution in [0.4, 0.5) is 0 Å². The Labute approximate surface area is 59.7 Å². The average molecular weight is 141 g/mol. The summed E-state index contributed by atoms with van der Waals surface area (Å²) in [7, 11) is 0. The number of fused-ring (bicyclic) bond motifs is 2. The number of nitrogens with one attached hydrogen (secondary N) is 1. The first-order chi connectivity index (χ1) is 4.90. The van der Waals surface area contributed by atoms with Crippen LogP contribution in [-0.2, 0) is 9.53 Å². The monoisotopic (exact) mass is 141 g/mol. The lowest BCUT2D eigenvalue weighted by Gasteiger charge is -2.17. The molecule has 1 N–H and O–H groups in total. The van der Waals surface area contributed by atoms with E-state index in [9.17, 15) is 4.79 Å². The predicted octanol–water partition coefficient (Wildman–Crippen LogP) is 0.0523. The van der Waals surface area contributed by atoms with E-state index in [1.807, 2.05) is 0 Å². The van der Waals surface area contributed by atoms with Crippen LogP contribution in [0.5, 0.6) is 0 Å². The second-order valence-electron chi connectivity index (χ2n) is 3.05. The molecule has 2 fully saturated rings. The molecule has 0 spiro atoms. The van der Waals surface area contributed by atoms with Crippen molar-refractivity contribution < 1.29 is 9.53 Å². The highest BCUT2D eigenvalue weighted by Crippen LogP contribution is 2.29. The van der Waals surface area contributed by atoms with Gasteiger partial charge >= 0.3 is 0 Å². The van der Waals surface area contributed by atoms with Crippen LogP contribution in [0.25, 0.3) is 0 Å². The molecule has 56 valence electrons. The molecule has 2 aliphatic heterocycles. The van der Waals surface area contributed by atoms with E-state index in [4.69, 9.17) is 4.74 Å². The van der Waals surface area contributed by atoms with Crippen LogP contribution in [0.15, 0.2) is 0 Å². The summed E-state index contributed by atoms with van der Waals surface area (Å²) in [5, 5.41) is 3.38. The fourth-order valence-electron chi connectivity index (χ4n) is 2.00. The van der Waals surface area contributed by atoms with Gasteiger partial charge in [-0.1, -0.05) is 0 Å². The summed E-state index contributed by atoms with van der Waals surface area (Å²) in [6.07, 6.45) is 3.60. The van der Waals surface area contributed by atoms with Gasteiger partial charge in [-0.2, -0.15) is 0 Å². The van der Waals surface area contributed by atoms with Crippen LogP contribution in [0.2, 0.25) is 0 Å². The van der Waals surface area contributed by atoms with Gasteiger partial charge in [-0.05, 0) is 12.8 Å². The van der Waals surface area contributed by atoms with Crippen molar-refractivity contribution in [2.45, 2.75) is 37.5 Å². The van der Waals surface area contributed by atoms with Crippen molar-refractivity contribution in [2.75, 3.05) is 0 Å². The number of hydrogen-bond acceptors (Lipinski definition) is 3. The molecule has 2 bridgehead atoms. The van der Waals surface area contributed by atoms with Crippen LogP contribution in [0.1, 0.15) is 19.3 Å². The van der Waals surface area contributed by atoms with Gasteiger partial charge in [0.05, 0.1) is 0 Å². The van der Waals surface area contributed by atoms with E-state index >= 15 is 0 Å². The van der Waals surface area contributed by atoms with E-state index < -0.39 is 0 Å². The number of ether oxygens (including phenoxy) is 1. The van der Waals surface area contributed by atoms with Crippen LogP contribution < -0.4 is 5.32 Å². The molecule has 2 rings (SSSR count). The van der Waals surface area contributed by atoms with Gasteiger partial charge < -0.3 is 10.1 Å². The van der Waals surface area contributed by atoms with E-state index in [2.05, 4.69) is 5.32 Å². The molecular weight excluding hydrogens is 130 g/mol. The largest absolute Gasteiger partial charge is 0.463 e. The second kappa shape index (κ2) is 2.23. The Morgan fingerprint density at radius 3 is 2.90 bits per heavy atom. The van der Waals surface area contributed by atoms with E-state index in [1.165, 1.54) is 12.8 Å². The standard InChI is InChI=1S/C7H11NO2/c9-4-10-7-3-5-1-2-6(7)8-5/h4-8H,1-3H2. The molecule has 2 heterocycles. The molecule has 0 aromatic rings. The Morgan fingerprint density at radius 1 is 1.50 bits per heavy atom. The van der Waals surface area contributed by atoms with Gasteiger partial charge in [-0.25, -0.2) is 0 Å². The molecule has 0 radical (unpaired) electrons. The lowest BCUT2D eigenvalue weighted by Crippen LogP contribution is -2.28. The lowest BCUT2D eigenvalue weighted by molar-refractivity contribution is -0.134. The van der Waals surface area contributed by atoms with Crippen LogP contribution in [0, 0.1) is 0 Å². The van der Waals surface area contributed by atoms with Crippen molar-refractivity contribution in [2.24, 2.45) is 0 Å². The Kier molecular flexibility index (Phi) is 1.38. The maximum absolute atomic E-state index is 9.99. The zero-order chi connectivity index (χ0) is 6.97. The van der Waals surface area contributed by atoms with Gasteiger partial charge in [0.1, 0.15) is 6.10 Å². The van der Waals surface area contributed by atoms with Crippen LogP contribution >= 0.6 is 0 Å². The average Bonchev–Trinajstić information content (AvgIpc) is 2.48. The van der Waals surface area contributed by atoms with Gasteiger partial charge in [0.15, 0.2) is 0 Å². The molecule has 0 aliphatic carbocycles. The summed E-state index contributed by atoms with van der Waals surface area (Å²) in [6, 6.07) is 1.07. The van der Waals surface area contributed by atoms with Gasteiger partial charge in [-0.15, -0.1) is 0 Å². The lowest BCUT2D eigenvalue weighted by atomic mass is 9.98. The molecule has 0 aromatic carbocycles. The highest BCUT2D eigenvalue weighted by atomic mass is 16.5. The molecule has 0 saturated carbocycles. The minimum Gasteiger partial charge on any atom is -0.463 e. The van der Waals surface area contributed by atoms with Crippen molar-refractivity contribution in [1.29, 1.82) is 0 Å². The van der Waals surface area contributed by atoms with Crippen LogP contribution in [0.3, 0.4) is 0 Å². The van der Waals surface area contributed by atoms with Crippen molar-refractivity contribution in [3.05, 3.63) is 0 Å². The molecule has 3 unspecified atom stereocenters. The van der Waals surface area contributed by atoms with E-state index in [0.29, 0.717) is 18.6 Å². The quantitative estimate of drug-likeness (QED) is 0.552. The number of hydrogen-bond donors (Lipinski definition) is 1. The topological polar surface area (TPSA) is 38.3 Å². The molecule has 3 atom stereocenters. The van der Waals surface area contributed by atoms with E-state index in [1.54, 1.807) is 0 Å². The predicted molar refractivity (Wildman–Crippen MR) is 35.5 cm³/mol. The summed E-state index contributed by atoms with van der Waals surface area (Å²) in [5.74, 6) is 0. The minimum atomic E-state index is 0.163. The number of rotatable bonds is 2. The summed E-state index contributed by atoms with van der Waals surface area (Å²) in [4.78, 5) is 9.99. The third-order valence-corrected chi connectivity index (χ3v) is 2.47. The van der Waals surface area contributed by atoms with Gasteiger partial charge in [-0.3, -0.25) is 4.79 Å². The first-order valence-corrected chi connectivity index (χ1v) is 3.75. The Balaban J connectivity index is 1.95. The van der Waals surface area contributed by atoms with Crippen molar-refractivity contribution in [3.63, 3.8) is 0 Å². The zero-order valence-electron chi connectivity index (χ0n) is 5.75. The number of carbonyl (C=O) groups excluding carboxylic acids is 1. The summed E-state index contributed by atoms with van der Waals surface area (Å²) >= 11 is 0. The fourth-order valence-corrected chi connectivity index (χ4v) is 2.00. The highest BCUT2D eigenvalue weighted by molar-refractivity contribution is 5.38. The van der Waals surface area contributed by atoms with Gasteiger partial charge in [0, 0.05) is 18.5 Å². The Morgan fingerprint density at radius 2 is 2.40 bits per heavy atom. The first-order valence-electron chi connectivity index (χ1n) is 3.75. The van der Waals surface area contributed by atoms with Crippen molar-refractivity contribution >= 4 is 6.47 Å².